The number of amides is 2. The molecule has 204 valence electrons. The van der Waals surface area contributed by atoms with Gasteiger partial charge in [0.25, 0.3) is 0 Å². The molecule has 7 heteroatoms. The van der Waals surface area contributed by atoms with Gasteiger partial charge in [0.15, 0.2) is 0 Å². The van der Waals surface area contributed by atoms with Gasteiger partial charge in [0.05, 0.1) is 18.8 Å². The number of methoxy groups -OCH3 is 1. The third-order valence-corrected chi connectivity index (χ3v) is 6.29. The third-order valence-electron chi connectivity index (χ3n) is 6.29. The van der Waals surface area contributed by atoms with E-state index in [2.05, 4.69) is 17.6 Å². The highest BCUT2D eigenvalue weighted by molar-refractivity contribution is 5.85. The second-order valence-electron chi connectivity index (χ2n) is 9.54. The van der Waals surface area contributed by atoms with E-state index in [4.69, 9.17) is 9.47 Å². The van der Waals surface area contributed by atoms with Crippen LogP contribution in [0.2, 0.25) is 0 Å². The average Bonchev–Trinajstić information content (AvgIpc) is 2.91. The van der Waals surface area contributed by atoms with Gasteiger partial charge in [0.2, 0.25) is 5.91 Å². The maximum Gasteiger partial charge on any atom is 0.408 e. The Labute approximate surface area is 222 Å². The molecule has 0 heterocycles. The number of nitrogens with one attached hydrogen (secondary N) is 2. The van der Waals surface area contributed by atoms with Crippen molar-refractivity contribution in [1.29, 1.82) is 0 Å². The Morgan fingerprint density at radius 3 is 2.14 bits per heavy atom. The molecular weight excluding hydrogens is 468 g/mol. The summed E-state index contributed by atoms with van der Waals surface area (Å²) in [5.74, 6) is -0.315. The van der Waals surface area contributed by atoms with E-state index < -0.39 is 18.2 Å². The summed E-state index contributed by atoms with van der Waals surface area (Å²) in [6, 6.07) is 18.2. The van der Waals surface area contributed by atoms with E-state index in [1.54, 1.807) is 7.11 Å². The molecule has 0 aromatic heterocycles. The SMILES string of the molecule is CCCCCCCC(O)CC[C@H](NC(=O)OCc1ccccc1)C(=O)N[C@H](COC)Cc1ccccc1. The molecule has 0 spiro atoms. The number of hydrogen-bond donors (Lipinski definition) is 3. The molecule has 1 unspecified atom stereocenters. The molecule has 0 bridgehead atoms. The zero-order valence-corrected chi connectivity index (χ0v) is 22.4. The van der Waals surface area contributed by atoms with Gasteiger partial charge in [-0.1, -0.05) is 99.7 Å². The largest absolute Gasteiger partial charge is 0.445 e. The fourth-order valence-corrected chi connectivity index (χ4v) is 4.22. The molecule has 0 radical (unpaired) electrons. The summed E-state index contributed by atoms with van der Waals surface area (Å²) in [6.07, 6.45) is 6.45. The maximum atomic E-state index is 13.3. The van der Waals surface area contributed by atoms with Crippen molar-refractivity contribution in [3.05, 3.63) is 71.8 Å². The van der Waals surface area contributed by atoms with Gasteiger partial charge in [0.1, 0.15) is 12.6 Å². The summed E-state index contributed by atoms with van der Waals surface area (Å²) in [5.41, 5.74) is 1.94. The molecule has 3 N–H and O–H groups in total. The topological polar surface area (TPSA) is 96.9 Å². The van der Waals surface area contributed by atoms with Crippen molar-refractivity contribution >= 4 is 12.0 Å². The van der Waals surface area contributed by atoms with Crippen LogP contribution in [0.1, 0.15) is 69.4 Å². The van der Waals surface area contributed by atoms with Crippen LogP contribution in [0.5, 0.6) is 0 Å². The Morgan fingerprint density at radius 1 is 0.838 bits per heavy atom. The molecule has 0 aliphatic rings. The van der Waals surface area contributed by atoms with E-state index in [9.17, 15) is 14.7 Å². The lowest BCUT2D eigenvalue weighted by Crippen LogP contribution is -2.51. The highest BCUT2D eigenvalue weighted by atomic mass is 16.5. The minimum Gasteiger partial charge on any atom is -0.445 e. The first-order valence-corrected chi connectivity index (χ1v) is 13.5. The van der Waals surface area contributed by atoms with Crippen LogP contribution in [0.25, 0.3) is 0 Å². The monoisotopic (exact) mass is 512 g/mol. The number of alkyl carbamates (subject to hydrolysis) is 1. The first-order valence-electron chi connectivity index (χ1n) is 13.5. The number of carbonyl (C=O) groups is 2. The second kappa shape index (κ2) is 18.4. The Hall–Kier alpha value is -2.90. The number of rotatable bonds is 18. The first kappa shape index (κ1) is 30.3. The van der Waals surface area contributed by atoms with Crippen molar-refractivity contribution < 1.29 is 24.2 Å². The number of ether oxygens (including phenoxy) is 2. The average molecular weight is 513 g/mol. The van der Waals surface area contributed by atoms with Gasteiger partial charge in [-0.15, -0.1) is 0 Å². The highest BCUT2D eigenvalue weighted by Gasteiger charge is 2.25. The molecule has 7 nitrogen and oxygen atoms in total. The van der Waals surface area contributed by atoms with Crippen LogP contribution in [-0.2, 0) is 27.3 Å². The van der Waals surface area contributed by atoms with Crippen molar-refractivity contribution in [2.45, 2.75) is 89.5 Å². The lowest BCUT2D eigenvalue weighted by molar-refractivity contribution is -0.124. The van der Waals surface area contributed by atoms with Gasteiger partial charge < -0.3 is 25.2 Å². The molecule has 2 amide bonds. The molecule has 0 aliphatic carbocycles. The Kier molecular flexibility index (Phi) is 15.0. The van der Waals surface area contributed by atoms with Crippen LogP contribution in [0.4, 0.5) is 4.79 Å². The lowest BCUT2D eigenvalue weighted by atomic mass is 10.0. The summed E-state index contributed by atoms with van der Waals surface area (Å²) in [5, 5.41) is 16.2. The van der Waals surface area contributed by atoms with E-state index in [0.29, 0.717) is 32.3 Å². The van der Waals surface area contributed by atoms with Gasteiger partial charge in [-0.25, -0.2) is 4.79 Å². The van der Waals surface area contributed by atoms with Gasteiger partial charge in [0, 0.05) is 7.11 Å². The predicted molar refractivity (Wildman–Crippen MR) is 146 cm³/mol. The van der Waals surface area contributed by atoms with Crippen LogP contribution < -0.4 is 10.6 Å². The van der Waals surface area contributed by atoms with Gasteiger partial charge in [-0.3, -0.25) is 4.79 Å². The molecule has 2 aromatic rings. The third kappa shape index (κ3) is 13.3. The standard InChI is InChI=1S/C30H44N2O5/c1-3-4-5-6-13-18-27(33)19-20-28(32-30(35)37-22-25-16-11-8-12-17-25)29(34)31-26(23-36-2)21-24-14-9-7-10-15-24/h7-12,14-17,26-28,33H,3-6,13,18-23H2,1-2H3,(H,31,34)(H,32,35)/t26-,27?,28-/m0/s1. The van der Waals surface area contributed by atoms with E-state index in [-0.39, 0.29) is 18.6 Å². The predicted octanol–water partition coefficient (Wildman–Crippen LogP) is 5.16. The van der Waals surface area contributed by atoms with Crippen molar-refractivity contribution in [2.24, 2.45) is 0 Å². The molecule has 3 atom stereocenters. The summed E-state index contributed by atoms with van der Waals surface area (Å²) in [4.78, 5) is 25.8. The molecule has 2 aromatic carbocycles. The smallest absolute Gasteiger partial charge is 0.408 e. The van der Waals surface area contributed by atoms with Crippen LogP contribution in [0.3, 0.4) is 0 Å². The number of aliphatic hydroxyl groups is 1. The summed E-state index contributed by atoms with van der Waals surface area (Å²) in [7, 11) is 1.59. The van der Waals surface area contributed by atoms with Crippen LogP contribution in [0.15, 0.2) is 60.7 Å². The number of benzene rings is 2. The normalized spacial score (nSPS) is 13.4. The van der Waals surface area contributed by atoms with Gasteiger partial charge >= 0.3 is 6.09 Å². The van der Waals surface area contributed by atoms with Crippen molar-refractivity contribution in [3.8, 4) is 0 Å². The Morgan fingerprint density at radius 2 is 1.49 bits per heavy atom. The molecule has 0 saturated carbocycles. The highest BCUT2D eigenvalue weighted by Crippen LogP contribution is 2.13. The number of aliphatic hydroxyl groups excluding tert-OH is 1. The fourth-order valence-electron chi connectivity index (χ4n) is 4.22. The first-order chi connectivity index (χ1) is 18.0. The number of hydrogen-bond acceptors (Lipinski definition) is 5. The molecule has 37 heavy (non-hydrogen) atoms. The second-order valence-corrected chi connectivity index (χ2v) is 9.54. The quantitative estimate of drug-likeness (QED) is 0.240. The molecule has 0 saturated heterocycles. The molecule has 0 aliphatic heterocycles. The number of unbranched alkanes of at least 4 members (excludes halogenated alkanes) is 4. The van der Waals surface area contributed by atoms with Crippen molar-refractivity contribution in [3.63, 3.8) is 0 Å². The zero-order chi connectivity index (χ0) is 26.7. The fraction of sp³-hybridized carbons (Fsp3) is 0.533. The Balaban J connectivity index is 1.95. The van der Waals surface area contributed by atoms with Crippen LogP contribution >= 0.6 is 0 Å². The summed E-state index contributed by atoms with van der Waals surface area (Å²) >= 11 is 0. The van der Waals surface area contributed by atoms with E-state index in [1.807, 2.05) is 60.7 Å². The minimum atomic E-state index is -0.826. The van der Waals surface area contributed by atoms with E-state index >= 15 is 0 Å². The Bertz CT molecular complexity index is 878. The molecule has 2 rings (SSSR count). The summed E-state index contributed by atoms with van der Waals surface area (Å²) < 4.78 is 10.7. The van der Waals surface area contributed by atoms with E-state index in [1.165, 1.54) is 19.3 Å². The lowest BCUT2D eigenvalue weighted by Gasteiger charge is -2.24. The zero-order valence-electron chi connectivity index (χ0n) is 22.4. The van der Waals surface area contributed by atoms with Crippen molar-refractivity contribution in [1.82, 2.24) is 10.6 Å². The van der Waals surface area contributed by atoms with E-state index in [0.717, 1.165) is 24.0 Å². The molecular formula is C30H44N2O5. The van der Waals surface area contributed by atoms with Crippen LogP contribution in [0, 0.1) is 0 Å². The minimum absolute atomic E-state index is 0.113. The molecule has 0 fully saturated rings. The van der Waals surface area contributed by atoms with Crippen LogP contribution in [-0.4, -0.2) is 49.0 Å². The van der Waals surface area contributed by atoms with Crippen molar-refractivity contribution in [2.75, 3.05) is 13.7 Å². The van der Waals surface area contributed by atoms with Gasteiger partial charge in [-0.2, -0.15) is 0 Å². The maximum absolute atomic E-state index is 13.3. The summed E-state index contributed by atoms with van der Waals surface area (Å²) in [6.45, 7) is 2.63. The number of carbonyl (C=O) groups excluding carboxylic acids is 2. The van der Waals surface area contributed by atoms with Gasteiger partial charge in [-0.05, 0) is 36.8 Å².